The molecule has 2 aromatic heterocycles. The maximum absolute atomic E-state index is 9.21. The van der Waals surface area contributed by atoms with Gasteiger partial charge < -0.3 is 0 Å². The van der Waals surface area contributed by atoms with Gasteiger partial charge >= 0.3 is 0 Å². The van der Waals surface area contributed by atoms with E-state index < -0.39 is 0 Å². The van der Waals surface area contributed by atoms with Gasteiger partial charge in [0.1, 0.15) is 0 Å². The Bertz CT molecular complexity index is 2420. The van der Waals surface area contributed by atoms with Crippen LogP contribution in [-0.4, -0.2) is 19.9 Å². The minimum Gasteiger partial charge on any atom is -0.265 e. The maximum atomic E-state index is 9.21. The summed E-state index contributed by atoms with van der Waals surface area (Å²) in [6.45, 7) is 0. The van der Waals surface area contributed by atoms with E-state index >= 15 is 0 Å². The van der Waals surface area contributed by atoms with Crippen LogP contribution in [-0.2, 0) is 5.41 Å². The van der Waals surface area contributed by atoms with Crippen molar-refractivity contribution in [2.45, 2.75) is 11.3 Å². The highest BCUT2D eigenvalue weighted by Crippen LogP contribution is 2.59. The Balaban J connectivity index is 1.19. The molecule has 2 aliphatic carbocycles. The zero-order valence-corrected chi connectivity index (χ0v) is 27.6. The van der Waals surface area contributed by atoms with Crippen LogP contribution in [0, 0.1) is 17.2 Å². The number of allylic oxidation sites excluding steroid dienone is 4. The number of rotatable bonds is 6. The van der Waals surface area contributed by atoms with Crippen LogP contribution in [0.15, 0.2) is 176 Å². The maximum Gasteiger partial charge on any atom is 0.164 e. The van der Waals surface area contributed by atoms with Crippen molar-refractivity contribution in [1.82, 2.24) is 19.9 Å². The van der Waals surface area contributed by atoms with E-state index in [2.05, 4.69) is 126 Å². The van der Waals surface area contributed by atoms with Crippen molar-refractivity contribution in [3.05, 3.63) is 204 Å². The third kappa shape index (κ3) is 5.17. The molecule has 0 aliphatic heterocycles. The van der Waals surface area contributed by atoms with Crippen molar-refractivity contribution in [2.24, 2.45) is 5.92 Å². The lowest BCUT2D eigenvalue weighted by Gasteiger charge is -2.38. The molecule has 0 spiro atoms. The van der Waals surface area contributed by atoms with Gasteiger partial charge in [-0.25, -0.2) is 15.0 Å². The number of nitrogens with zero attached hydrogens (tertiary/aromatic N) is 5. The minimum atomic E-state index is -0.356. The molecule has 9 rings (SSSR count). The Morgan fingerprint density at radius 3 is 1.63 bits per heavy atom. The fraction of sp³-hybridized carbons (Fsp3) is 0.0652. The Kier molecular flexibility index (Phi) is 7.48. The van der Waals surface area contributed by atoms with Crippen molar-refractivity contribution >= 4 is 0 Å². The molecular weight excluding hydrogens is 623 g/mol. The van der Waals surface area contributed by atoms with Crippen LogP contribution in [0.3, 0.4) is 0 Å². The zero-order valence-electron chi connectivity index (χ0n) is 27.6. The topological polar surface area (TPSA) is 75.3 Å². The Labute approximate surface area is 297 Å². The predicted molar refractivity (Wildman–Crippen MR) is 201 cm³/mol. The van der Waals surface area contributed by atoms with E-state index in [0.29, 0.717) is 23.0 Å². The second-order valence-corrected chi connectivity index (χ2v) is 13.0. The number of nitriles is 1. The van der Waals surface area contributed by atoms with Gasteiger partial charge in [0.2, 0.25) is 0 Å². The molecule has 0 N–H and O–H groups in total. The monoisotopic (exact) mass is 653 g/mol. The standard InChI is InChI=1S/C46H31N5/c47-30-31-15-17-32(18-16-31)33-19-21-34(22-20-33)43-49-44(35-25-27-48-28-26-35)51-45(50-43)36-23-24-42-40(29-36)39-13-7-8-14-41(39)46(42,37-9-3-1-4-10-37)38-11-5-2-6-12-38/h1-29,39,41H. The Hall–Kier alpha value is -6.77. The molecule has 2 unspecified atom stereocenters. The lowest BCUT2D eigenvalue weighted by atomic mass is 9.63. The van der Waals surface area contributed by atoms with Crippen LogP contribution in [0.4, 0.5) is 0 Å². The van der Waals surface area contributed by atoms with Crippen molar-refractivity contribution in [3.63, 3.8) is 0 Å². The van der Waals surface area contributed by atoms with Gasteiger partial charge in [-0.1, -0.05) is 133 Å². The molecule has 2 aliphatic rings. The van der Waals surface area contributed by atoms with Crippen molar-refractivity contribution < 1.29 is 0 Å². The molecule has 5 nitrogen and oxygen atoms in total. The van der Waals surface area contributed by atoms with Gasteiger partial charge in [-0.05, 0) is 63.7 Å². The van der Waals surface area contributed by atoms with Gasteiger partial charge in [0.15, 0.2) is 17.5 Å². The molecule has 2 heterocycles. The van der Waals surface area contributed by atoms with Crippen molar-refractivity contribution in [2.75, 3.05) is 0 Å². The largest absolute Gasteiger partial charge is 0.265 e. The molecule has 0 fully saturated rings. The third-order valence-corrected chi connectivity index (χ3v) is 10.3. The van der Waals surface area contributed by atoms with Crippen LogP contribution in [0.1, 0.15) is 33.7 Å². The quantitative estimate of drug-likeness (QED) is 0.179. The highest BCUT2D eigenvalue weighted by molar-refractivity contribution is 5.72. The summed E-state index contributed by atoms with van der Waals surface area (Å²) in [5.41, 5.74) is 10.2. The molecule has 2 atom stereocenters. The first-order valence-corrected chi connectivity index (χ1v) is 17.1. The summed E-state index contributed by atoms with van der Waals surface area (Å²) in [4.78, 5) is 19.3. The number of fused-ring (bicyclic) bond motifs is 3. The van der Waals surface area contributed by atoms with Gasteiger partial charge in [-0.2, -0.15) is 5.26 Å². The van der Waals surface area contributed by atoms with Gasteiger partial charge in [-0.3, -0.25) is 4.98 Å². The normalized spacial score (nSPS) is 16.6. The van der Waals surface area contributed by atoms with Gasteiger partial charge in [0.05, 0.1) is 17.0 Å². The lowest BCUT2D eigenvalue weighted by Crippen LogP contribution is -2.34. The molecule has 5 aromatic carbocycles. The van der Waals surface area contributed by atoms with Crippen molar-refractivity contribution in [1.29, 1.82) is 5.26 Å². The van der Waals surface area contributed by atoms with E-state index in [1.54, 1.807) is 12.4 Å². The molecule has 0 amide bonds. The third-order valence-electron chi connectivity index (χ3n) is 10.3. The van der Waals surface area contributed by atoms with E-state index in [0.717, 1.165) is 27.8 Å². The molecule has 0 saturated carbocycles. The number of hydrogen-bond acceptors (Lipinski definition) is 5. The van der Waals surface area contributed by atoms with E-state index in [-0.39, 0.29) is 17.3 Å². The molecule has 7 aromatic rings. The molecule has 0 radical (unpaired) electrons. The number of aromatic nitrogens is 4. The first kappa shape index (κ1) is 30.3. The SMILES string of the molecule is N#Cc1ccc(-c2ccc(-c3nc(-c4ccncc4)nc(-c4ccc5c(c4)C4C=CC=CC4C5(c4ccccc4)c4ccccc4)n3)cc2)cc1. The fourth-order valence-corrected chi connectivity index (χ4v) is 7.91. The lowest BCUT2D eigenvalue weighted by molar-refractivity contribution is 0.456. The highest BCUT2D eigenvalue weighted by Gasteiger charge is 2.52. The molecule has 240 valence electrons. The van der Waals surface area contributed by atoms with Crippen LogP contribution < -0.4 is 0 Å². The average molecular weight is 654 g/mol. The fourth-order valence-electron chi connectivity index (χ4n) is 7.91. The Morgan fingerprint density at radius 1 is 0.510 bits per heavy atom. The summed E-state index contributed by atoms with van der Waals surface area (Å²) in [5.74, 6) is 2.19. The first-order chi connectivity index (χ1) is 25.2. The number of pyridine rings is 1. The second kappa shape index (κ2) is 12.6. The summed E-state index contributed by atoms with van der Waals surface area (Å²) in [7, 11) is 0. The average Bonchev–Trinajstić information content (AvgIpc) is 3.52. The number of hydrogen-bond donors (Lipinski definition) is 0. The summed E-state index contributed by atoms with van der Waals surface area (Å²) >= 11 is 0. The summed E-state index contributed by atoms with van der Waals surface area (Å²) in [6.07, 6.45) is 12.6. The smallest absolute Gasteiger partial charge is 0.164 e. The zero-order chi connectivity index (χ0) is 34.2. The minimum absolute atomic E-state index is 0.182. The first-order valence-electron chi connectivity index (χ1n) is 17.1. The molecule has 5 heteroatoms. The van der Waals surface area contributed by atoms with Gasteiger partial charge in [0, 0.05) is 40.9 Å². The molecule has 51 heavy (non-hydrogen) atoms. The summed E-state index contributed by atoms with van der Waals surface area (Å²) < 4.78 is 0. The van der Waals surface area contributed by atoms with E-state index in [9.17, 15) is 5.26 Å². The van der Waals surface area contributed by atoms with Crippen LogP contribution in [0.5, 0.6) is 0 Å². The van der Waals surface area contributed by atoms with E-state index in [1.807, 2.05) is 48.5 Å². The summed E-state index contributed by atoms with van der Waals surface area (Å²) in [5, 5.41) is 9.21. The number of benzene rings is 5. The van der Waals surface area contributed by atoms with Gasteiger partial charge in [0.25, 0.3) is 0 Å². The summed E-state index contributed by atoms with van der Waals surface area (Å²) in [6, 6.07) is 50.5. The van der Waals surface area contributed by atoms with Crippen molar-refractivity contribution in [3.8, 4) is 51.4 Å². The Morgan fingerprint density at radius 2 is 1.02 bits per heavy atom. The van der Waals surface area contributed by atoms with Crippen LogP contribution in [0.25, 0.3) is 45.3 Å². The van der Waals surface area contributed by atoms with Crippen LogP contribution in [0.2, 0.25) is 0 Å². The van der Waals surface area contributed by atoms with E-state index in [1.165, 1.54) is 22.3 Å². The molecular formula is C46H31N5. The molecule has 0 bridgehead atoms. The second-order valence-electron chi connectivity index (χ2n) is 13.0. The predicted octanol–water partition coefficient (Wildman–Crippen LogP) is 9.98. The molecule has 0 saturated heterocycles. The van der Waals surface area contributed by atoms with E-state index in [4.69, 9.17) is 15.0 Å². The highest BCUT2D eigenvalue weighted by atomic mass is 15.0. The van der Waals surface area contributed by atoms with Gasteiger partial charge in [-0.15, -0.1) is 0 Å². The van der Waals surface area contributed by atoms with Crippen LogP contribution >= 0.6 is 0 Å².